The van der Waals surface area contributed by atoms with E-state index in [9.17, 15) is 19.7 Å². The molecule has 3 aromatic rings. The summed E-state index contributed by atoms with van der Waals surface area (Å²) in [5.41, 5.74) is 0.470. The van der Waals surface area contributed by atoms with E-state index in [1.807, 2.05) is 29.1 Å². The van der Waals surface area contributed by atoms with Gasteiger partial charge in [-0.15, -0.1) is 0 Å². The number of imide groups is 1. The van der Waals surface area contributed by atoms with Crippen LogP contribution in [0.15, 0.2) is 54.9 Å². The summed E-state index contributed by atoms with van der Waals surface area (Å²) in [6, 6.07) is 11.5. The fraction of sp³-hybridized carbons (Fsp3) is 0.158. The number of benzene rings is 2. The van der Waals surface area contributed by atoms with Crippen LogP contribution in [0.3, 0.4) is 0 Å². The van der Waals surface area contributed by atoms with Crippen LogP contribution in [0.5, 0.6) is 0 Å². The van der Waals surface area contributed by atoms with Crippen LogP contribution >= 0.6 is 0 Å². The van der Waals surface area contributed by atoms with Gasteiger partial charge in [-0.25, -0.2) is 0 Å². The third-order valence-electron chi connectivity index (χ3n) is 4.59. The Hall–Kier alpha value is -3.48. The minimum absolute atomic E-state index is 0.153. The minimum atomic E-state index is -0.525. The maximum atomic E-state index is 12.9. The number of nitrogens with zero attached hydrogens (tertiary/aromatic N) is 3. The van der Waals surface area contributed by atoms with Crippen molar-refractivity contribution in [3.05, 3.63) is 76.1 Å². The maximum absolute atomic E-state index is 12.9. The average Bonchev–Trinajstić information content (AvgIpc) is 3.15. The number of non-ortho nitro benzene ring substituents is 1. The third-order valence-corrected chi connectivity index (χ3v) is 4.59. The van der Waals surface area contributed by atoms with Crippen molar-refractivity contribution in [3.8, 4) is 0 Å². The molecule has 0 fully saturated rings. The predicted octanol–water partition coefficient (Wildman–Crippen LogP) is 3.24. The molecule has 0 radical (unpaired) electrons. The van der Waals surface area contributed by atoms with Crippen molar-refractivity contribution in [1.29, 1.82) is 0 Å². The van der Waals surface area contributed by atoms with Crippen molar-refractivity contribution in [2.75, 3.05) is 6.54 Å². The Morgan fingerprint density at radius 2 is 1.65 bits per heavy atom. The largest absolute Gasteiger partial charge is 0.354 e. The van der Waals surface area contributed by atoms with Gasteiger partial charge in [0.1, 0.15) is 0 Å². The lowest BCUT2D eigenvalue weighted by molar-refractivity contribution is -0.384. The lowest BCUT2D eigenvalue weighted by Gasteiger charge is -2.27. The van der Waals surface area contributed by atoms with E-state index in [1.165, 1.54) is 17.0 Å². The first-order valence-electron chi connectivity index (χ1n) is 8.24. The highest BCUT2D eigenvalue weighted by molar-refractivity contribution is 6.25. The van der Waals surface area contributed by atoms with Crippen LogP contribution in [0.25, 0.3) is 10.8 Å². The molecule has 7 nitrogen and oxygen atoms in total. The number of rotatable bonds is 5. The van der Waals surface area contributed by atoms with Gasteiger partial charge in [-0.2, -0.15) is 0 Å². The van der Waals surface area contributed by atoms with Crippen LogP contribution in [-0.4, -0.2) is 32.7 Å². The van der Waals surface area contributed by atoms with Gasteiger partial charge >= 0.3 is 0 Å². The first kappa shape index (κ1) is 16.0. The Balaban J connectivity index is 1.70. The summed E-state index contributed by atoms with van der Waals surface area (Å²) in [5, 5.41) is 12.2. The van der Waals surface area contributed by atoms with Crippen molar-refractivity contribution in [1.82, 2.24) is 9.47 Å². The maximum Gasteiger partial charge on any atom is 0.270 e. The second-order valence-corrected chi connectivity index (χ2v) is 6.19. The zero-order chi connectivity index (χ0) is 18.3. The molecule has 7 heteroatoms. The highest BCUT2D eigenvalue weighted by atomic mass is 16.6. The number of nitro benzene ring substituents is 1. The number of hydrogen-bond acceptors (Lipinski definition) is 4. The smallest absolute Gasteiger partial charge is 0.270 e. The number of hydrogen-bond donors (Lipinski definition) is 0. The van der Waals surface area contributed by atoms with Crippen molar-refractivity contribution >= 4 is 28.3 Å². The first-order valence-corrected chi connectivity index (χ1v) is 8.24. The molecular weight excluding hydrogens is 334 g/mol. The van der Waals surface area contributed by atoms with E-state index >= 15 is 0 Å². The fourth-order valence-electron chi connectivity index (χ4n) is 3.38. The van der Waals surface area contributed by atoms with Gasteiger partial charge in [0.2, 0.25) is 0 Å². The molecule has 0 saturated heterocycles. The van der Waals surface area contributed by atoms with E-state index in [-0.39, 0.29) is 23.7 Å². The summed E-state index contributed by atoms with van der Waals surface area (Å²) >= 11 is 0. The minimum Gasteiger partial charge on any atom is -0.354 e. The van der Waals surface area contributed by atoms with Gasteiger partial charge in [0.05, 0.1) is 10.5 Å². The number of aryl methyl sites for hydroxylation is 1. The summed E-state index contributed by atoms with van der Waals surface area (Å²) < 4.78 is 1.97. The molecular formula is C19H15N3O4. The van der Waals surface area contributed by atoms with Gasteiger partial charge in [-0.05, 0) is 30.0 Å². The van der Waals surface area contributed by atoms with Gasteiger partial charge in [-0.1, -0.05) is 12.1 Å². The van der Waals surface area contributed by atoms with E-state index in [2.05, 4.69) is 0 Å². The standard InChI is InChI=1S/C19H15N3O4/c23-18-15-6-3-5-13-11-14(22(25)26)12-16(17(13)15)19(24)21(18)10-4-9-20-7-1-2-8-20/h1-3,5-8,11-12H,4,9-10H2. The van der Waals surface area contributed by atoms with Gasteiger partial charge in [0.25, 0.3) is 17.5 Å². The number of amides is 2. The van der Waals surface area contributed by atoms with E-state index in [0.717, 1.165) is 0 Å². The summed E-state index contributed by atoms with van der Waals surface area (Å²) in [7, 11) is 0. The van der Waals surface area contributed by atoms with Crippen LogP contribution in [0, 0.1) is 10.1 Å². The van der Waals surface area contributed by atoms with E-state index in [1.54, 1.807) is 18.2 Å². The van der Waals surface area contributed by atoms with Crippen molar-refractivity contribution in [2.24, 2.45) is 0 Å². The van der Waals surface area contributed by atoms with E-state index in [4.69, 9.17) is 0 Å². The van der Waals surface area contributed by atoms with E-state index in [0.29, 0.717) is 29.3 Å². The Morgan fingerprint density at radius 3 is 2.38 bits per heavy atom. The van der Waals surface area contributed by atoms with Crippen LogP contribution in [0.1, 0.15) is 27.1 Å². The first-order chi connectivity index (χ1) is 12.6. The topological polar surface area (TPSA) is 85.4 Å². The highest BCUT2D eigenvalue weighted by Crippen LogP contribution is 2.33. The molecule has 2 heterocycles. The second kappa shape index (κ2) is 6.11. The van der Waals surface area contributed by atoms with Crippen molar-refractivity contribution < 1.29 is 14.5 Å². The van der Waals surface area contributed by atoms with Crippen LogP contribution in [0.4, 0.5) is 5.69 Å². The fourth-order valence-corrected chi connectivity index (χ4v) is 3.38. The number of nitro groups is 1. The quantitative estimate of drug-likeness (QED) is 0.402. The van der Waals surface area contributed by atoms with Crippen LogP contribution < -0.4 is 0 Å². The summed E-state index contributed by atoms with van der Waals surface area (Å²) in [5.74, 6) is -0.829. The van der Waals surface area contributed by atoms with Gasteiger partial charge in [0.15, 0.2) is 0 Å². The summed E-state index contributed by atoms with van der Waals surface area (Å²) in [6.45, 7) is 0.935. The van der Waals surface area contributed by atoms with Gasteiger partial charge < -0.3 is 4.57 Å². The molecule has 0 aliphatic carbocycles. The number of carbonyl (C=O) groups excluding carboxylic acids is 2. The Kier molecular flexibility index (Phi) is 3.76. The molecule has 2 amide bonds. The number of aromatic nitrogens is 1. The Morgan fingerprint density at radius 1 is 0.923 bits per heavy atom. The van der Waals surface area contributed by atoms with Gasteiger partial charge in [-0.3, -0.25) is 24.6 Å². The molecule has 1 aliphatic heterocycles. The summed E-state index contributed by atoms with van der Waals surface area (Å²) in [4.78, 5) is 37.5. The lowest BCUT2D eigenvalue weighted by Crippen LogP contribution is -2.41. The molecule has 0 saturated carbocycles. The Labute approximate surface area is 148 Å². The monoisotopic (exact) mass is 349 g/mol. The van der Waals surface area contributed by atoms with Crippen LogP contribution in [0.2, 0.25) is 0 Å². The molecule has 0 spiro atoms. The lowest BCUT2D eigenvalue weighted by atomic mass is 9.93. The predicted molar refractivity (Wildman–Crippen MR) is 95.0 cm³/mol. The molecule has 4 rings (SSSR count). The molecule has 0 atom stereocenters. The molecule has 1 aliphatic rings. The molecule has 1 aromatic heterocycles. The molecule has 0 N–H and O–H groups in total. The number of carbonyl (C=O) groups is 2. The summed E-state index contributed by atoms with van der Waals surface area (Å²) in [6.07, 6.45) is 4.44. The second-order valence-electron chi connectivity index (χ2n) is 6.19. The normalized spacial score (nSPS) is 13.5. The molecule has 2 aromatic carbocycles. The van der Waals surface area contributed by atoms with Crippen molar-refractivity contribution in [2.45, 2.75) is 13.0 Å². The molecule has 0 unspecified atom stereocenters. The highest BCUT2D eigenvalue weighted by Gasteiger charge is 2.33. The van der Waals surface area contributed by atoms with Crippen molar-refractivity contribution in [3.63, 3.8) is 0 Å². The SMILES string of the molecule is O=C1c2cccc3cc([N+](=O)[O-])cc(c23)C(=O)N1CCCn1cccc1. The third kappa shape index (κ3) is 2.54. The Bertz CT molecular complexity index is 1040. The molecule has 0 bridgehead atoms. The average molecular weight is 349 g/mol. The zero-order valence-corrected chi connectivity index (χ0v) is 13.8. The van der Waals surface area contributed by atoms with E-state index < -0.39 is 10.8 Å². The molecule has 26 heavy (non-hydrogen) atoms. The van der Waals surface area contributed by atoms with Crippen LogP contribution in [-0.2, 0) is 6.54 Å². The zero-order valence-electron chi connectivity index (χ0n) is 13.8. The van der Waals surface area contributed by atoms with Gasteiger partial charge in [0, 0.05) is 48.6 Å². The molecule has 130 valence electrons.